The minimum atomic E-state index is -3.77. The summed E-state index contributed by atoms with van der Waals surface area (Å²) >= 11 is 0. The fourth-order valence-electron chi connectivity index (χ4n) is 3.91. The molecule has 0 radical (unpaired) electrons. The molecule has 1 heterocycles. The molecule has 4 rings (SSSR count). The molecule has 1 saturated heterocycles. The highest BCUT2D eigenvalue weighted by molar-refractivity contribution is 7.92. The van der Waals surface area contributed by atoms with E-state index in [0.29, 0.717) is 35.8 Å². The van der Waals surface area contributed by atoms with E-state index in [0.717, 1.165) is 18.8 Å². The highest BCUT2D eigenvalue weighted by Gasteiger charge is 2.22. The number of nitrogens with zero attached hydrogens (tertiary/aromatic N) is 2. The Morgan fingerprint density at radius 1 is 0.943 bits per heavy atom. The minimum absolute atomic E-state index is 0.0880. The van der Waals surface area contributed by atoms with Crippen LogP contribution in [0.15, 0.2) is 77.7 Å². The van der Waals surface area contributed by atoms with Gasteiger partial charge < -0.3 is 19.3 Å². The van der Waals surface area contributed by atoms with Crippen LogP contribution in [-0.4, -0.2) is 59.1 Å². The summed E-state index contributed by atoms with van der Waals surface area (Å²) in [6.45, 7) is 4.45. The Morgan fingerprint density at radius 3 is 2.26 bits per heavy atom. The zero-order valence-corrected chi connectivity index (χ0v) is 20.6. The van der Waals surface area contributed by atoms with Gasteiger partial charge >= 0.3 is 0 Å². The number of methoxy groups -OCH3 is 1. The maximum absolute atomic E-state index is 12.8. The van der Waals surface area contributed by atoms with Crippen LogP contribution in [0.5, 0.6) is 11.5 Å². The van der Waals surface area contributed by atoms with Gasteiger partial charge in [0.25, 0.3) is 15.9 Å². The summed E-state index contributed by atoms with van der Waals surface area (Å²) < 4.78 is 38.9. The van der Waals surface area contributed by atoms with Crippen LogP contribution in [0.3, 0.4) is 0 Å². The van der Waals surface area contributed by atoms with E-state index in [9.17, 15) is 13.2 Å². The Labute approximate surface area is 206 Å². The normalized spacial score (nSPS) is 13.9. The second kappa shape index (κ2) is 10.7. The monoisotopic (exact) mass is 495 g/mol. The highest BCUT2D eigenvalue weighted by atomic mass is 32.2. The van der Waals surface area contributed by atoms with Gasteiger partial charge in [-0.2, -0.15) is 0 Å². The number of nitrogens with one attached hydrogen (secondary N) is 1. The van der Waals surface area contributed by atoms with E-state index >= 15 is 0 Å². The fraction of sp³-hybridized carbons (Fsp3) is 0.269. The molecule has 1 N–H and O–H groups in total. The number of hydrogen-bond donors (Lipinski definition) is 1. The van der Waals surface area contributed by atoms with Gasteiger partial charge in [-0.3, -0.25) is 9.52 Å². The van der Waals surface area contributed by atoms with Crippen molar-refractivity contribution in [3.63, 3.8) is 0 Å². The molecule has 0 aliphatic carbocycles. The lowest BCUT2D eigenvalue weighted by Gasteiger charge is -2.36. The first-order chi connectivity index (χ1) is 16.9. The second-order valence-electron chi connectivity index (χ2n) is 8.25. The van der Waals surface area contributed by atoms with E-state index in [2.05, 4.69) is 21.8 Å². The summed E-state index contributed by atoms with van der Waals surface area (Å²) in [7, 11) is -2.23. The molecule has 0 saturated carbocycles. The minimum Gasteiger partial charge on any atom is -0.497 e. The number of carbonyl (C=O) groups excluding carboxylic acids is 1. The van der Waals surface area contributed by atoms with Crippen LogP contribution in [0.4, 0.5) is 11.4 Å². The number of hydrogen-bond acceptors (Lipinski definition) is 6. The number of carbonyl (C=O) groups is 1. The molecule has 3 aromatic rings. The third kappa shape index (κ3) is 6.05. The molecule has 1 aliphatic heterocycles. The first-order valence-electron chi connectivity index (χ1n) is 11.3. The lowest BCUT2D eigenvalue weighted by atomic mass is 10.2. The summed E-state index contributed by atoms with van der Waals surface area (Å²) in [6, 6.07) is 21.3. The van der Waals surface area contributed by atoms with Crippen molar-refractivity contribution < 1.29 is 22.7 Å². The van der Waals surface area contributed by atoms with Crippen LogP contribution in [0.2, 0.25) is 0 Å². The molecule has 0 unspecified atom stereocenters. The standard InChI is InChI=1S/C26H29N3O5S/c1-20-18-24(35(31,32)27-21-8-10-23(33-2)11-9-21)12-13-25(20)34-19-26(30)29-16-14-28(15-17-29)22-6-4-3-5-7-22/h3-13,18,27H,14-17,19H2,1-2H3. The molecule has 0 atom stereocenters. The maximum atomic E-state index is 12.8. The van der Waals surface area contributed by atoms with Gasteiger partial charge in [-0.15, -0.1) is 0 Å². The molecular weight excluding hydrogens is 466 g/mol. The predicted molar refractivity (Wildman–Crippen MR) is 136 cm³/mol. The topological polar surface area (TPSA) is 88.2 Å². The van der Waals surface area contributed by atoms with Crippen molar-refractivity contribution in [2.24, 2.45) is 0 Å². The van der Waals surface area contributed by atoms with Gasteiger partial charge in [0.05, 0.1) is 12.0 Å². The molecule has 1 fully saturated rings. The molecule has 0 spiro atoms. The van der Waals surface area contributed by atoms with Crippen molar-refractivity contribution in [1.82, 2.24) is 4.90 Å². The summed E-state index contributed by atoms with van der Waals surface area (Å²) in [5.41, 5.74) is 2.22. The van der Waals surface area contributed by atoms with E-state index in [4.69, 9.17) is 9.47 Å². The number of aryl methyl sites for hydroxylation is 1. The zero-order chi connectivity index (χ0) is 24.8. The van der Waals surface area contributed by atoms with E-state index in [1.807, 2.05) is 18.2 Å². The summed E-state index contributed by atoms with van der Waals surface area (Å²) in [5.74, 6) is 1.03. The quantitative estimate of drug-likeness (QED) is 0.514. The van der Waals surface area contributed by atoms with E-state index < -0.39 is 10.0 Å². The molecule has 184 valence electrons. The summed E-state index contributed by atoms with van der Waals surface area (Å²) in [6.07, 6.45) is 0. The van der Waals surface area contributed by atoms with Crippen molar-refractivity contribution in [2.45, 2.75) is 11.8 Å². The van der Waals surface area contributed by atoms with Gasteiger partial charge in [0.2, 0.25) is 0 Å². The molecule has 0 aromatic heterocycles. The number of rotatable bonds is 8. The highest BCUT2D eigenvalue weighted by Crippen LogP contribution is 2.25. The van der Waals surface area contributed by atoms with Gasteiger partial charge in [-0.1, -0.05) is 18.2 Å². The number of amides is 1. The molecule has 9 heteroatoms. The largest absolute Gasteiger partial charge is 0.497 e. The zero-order valence-electron chi connectivity index (χ0n) is 19.8. The van der Waals surface area contributed by atoms with Gasteiger partial charge in [0.1, 0.15) is 11.5 Å². The molecular formula is C26H29N3O5S. The van der Waals surface area contributed by atoms with Crippen molar-refractivity contribution in [3.8, 4) is 11.5 Å². The second-order valence-corrected chi connectivity index (χ2v) is 9.94. The molecule has 35 heavy (non-hydrogen) atoms. The Hall–Kier alpha value is -3.72. The van der Waals surface area contributed by atoms with Crippen LogP contribution in [0.25, 0.3) is 0 Å². The fourth-order valence-corrected chi connectivity index (χ4v) is 5.05. The van der Waals surface area contributed by atoms with Gasteiger partial charge in [0, 0.05) is 37.6 Å². The van der Waals surface area contributed by atoms with Crippen molar-refractivity contribution in [1.29, 1.82) is 0 Å². The number of anilines is 2. The third-order valence-electron chi connectivity index (χ3n) is 5.90. The number of benzene rings is 3. The number of sulfonamides is 1. The summed E-state index contributed by atoms with van der Waals surface area (Å²) in [5, 5.41) is 0. The van der Waals surface area contributed by atoms with Crippen molar-refractivity contribution in [2.75, 3.05) is 49.5 Å². The van der Waals surface area contributed by atoms with E-state index in [-0.39, 0.29) is 17.4 Å². The number of ether oxygens (including phenoxy) is 2. The predicted octanol–water partition coefficient (Wildman–Crippen LogP) is 3.53. The lowest BCUT2D eigenvalue weighted by molar-refractivity contribution is -0.133. The average molecular weight is 496 g/mol. The number of piperazine rings is 1. The molecule has 3 aromatic carbocycles. The van der Waals surface area contributed by atoms with Crippen LogP contribution in [0.1, 0.15) is 5.56 Å². The smallest absolute Gasteiger partial charge is 0.261 e. The maximum Gasteiger partial charge on any atom is 0.261 e. The molecule has 8 nitrogen and oxygen atoms in total. The van der Waals surface area contributed by atoms with Gasteiger partial charge in [-0.05, 0) is 67.1 Å². The number of para-hydroxylation sites is 1. The van der Waals surface area contributed by atoms with E-state index in [1.54, 1.807) is 49.3 Å². The lowest BCUT2D eigenvalue weighted by Crippen LogP contribution is -2.50. The third-order valence-corrected chi connectivity index (χ3v) is 7.28. The van der Waals surface area contributed by atoms with Crippen LogP contribution < -0.4 is 19.1 Å². The first-order valence-corrected chi connectivity index (χ1v) is 12.8. The molecule has 1 amide bonds. The van der Waals surface area contributed by atoms with Crippen molar-refractivity contribution in [3.05, 3.63) is 78.4 Å². The SMILES string of the molecule is COc1ccc(NS(=O)(=O)c2ccc(OCC(=O)N3CCN(c4ccccc4)CC3)c(C)c2)cc1. The van der Waals surface area contributed by atoms with Crippen LogP contribution >= 0.6 is 0 Å². The first kappa shape index (κ1) is 24.4. The van der Waals surface area contributed by atoms with Gasteiger partial charge in [0.15, 0.2) is 6.61 Å². The van der Waals surface area contributed by atoms with Crippen LogP contribution in [-0.2, 0) is 14.8 Å². The Balaban J connectivity index is 1.32. The molecule has 1 aliphatic rings. The average Bonchev–Trinajstić information content (AvgIpc) is 2.88. The Morgan fingerprint density at radius 2 is 1.63 bits per heavy atom. The van der Waals surface area contributed by atoms with Crippen LogP contribution in [0, 0.1) is 6.92 Å². The molecule has 0 bridgehead atoms. The van der Waals surface area contributed by atoms with E-state index in [1.165, 1.54) is 12.1 Å². The van der Waals surface area contributed by atoms with Gasteiger partial charge in [-0.25, -0.2) is 8.42 Å². The Kier molecular flexibility index (Phi) is 7.45. The Bertz CT molecular complexity index is 1260. The summed E-state index contributed by atoms with van der Waals surface area (Å²) in [4.78, 5) is 16.8. The van der Waals surface area contributed by atoms with Crippen molar-refractivity contribution >= 4 is 27.3 Å².